The fourth-order valence-electron chi connectivity index (χ4n) is 3.12. The van der Waals surface area contributed by atoms with Crippen molar-refractivity contribution >= 4 is 22.0 Å². The lowest BCUT2D eigenvalue weighted by molar-refractivity contribution is -0.160. The molecule has 0 saturated heterocycles. The first-order valence-electron chi connectivity index (χ1n) is 12.6. The fourth-order valence-corrected chi connectivity index (χ4v) is 3.12. The van der Waals surface area contributed by atoms with Crippen molar-refractivity contribution in [3.05, 3.63) is 65.2 Å². The number of benzene rings is 2. The van der Waals surface area contributed by atoms with Crippen LogP contribution in [0, 0.1) is 12.8 Å². The minimum Gasteiger partial charge on any atom is -0.489 e. The maximum Gasteiger partial charge on any atom is 0.320 e. The molecular weight excluding hydrogens is 472 g/mol. The summed E-state index contributed by atoms with van der Waals surface area (Å²) in [7, 11) is 2.38. The van der Waals surface area contributed by atoms with Gasteiger partial charge in [0.1, 0.15) is 12.4 Å². The molecule has 0 N–H and O–H groups in total. The second kappa shape index (κ2) is 19.7. The number of carbonyl (C=O) groups excluding carboxylic acids is 2. The quantitative estimate of drug-likeness (QED) is 0.267. The molecule has 0 aliphatic rings. The minimum absolute atomic E-state index is 0.167. The molecule has 0 fully saturated rings. The van der Waals surface area contributed by atoms with E-state index in [1.807, 2.05) is 84.0 Å². The van der Waals surface area contributed by atoms with Crippen molar-refractivity contribution in [1.29, 1.82) is 0 Å². The first kappa shape index (κ1) is 35.7. The van der Waals surface area contributed by atoms with Crippen LogP contribution in [-0.2, 0) is 25.7 Å². The zero-order chi connectivity index (χ0) is 28.3. The van der Waals surface area contributed by atoms with Crippen molar-refractivity contribution in [2.75, 3.05) is 39.2 Å². The second-order valence-corrected chi connectivity index (χ2v) is 13.7. The Labute approximate surface area is 222 Å². The third-order valence-electron chi connectivity index (χ3n) is 4.55. The number of aryl methyl sites for hydroxylation is 1. The van der Waals surface area contributed by atoms with E-state index in [1.165, 1.54) is 19.8 Å². The summed E-state index contributed by atoms with van der Waals surface area (Å²) < 4.78 is 15.4. The molecule has 0 amide bonds. The summed E-state index contributed by atoms with van der Waals surface area (Å²) in [5, 5.41) is 0. The third-order valence-corrected chi connectivity index (χ3v) is 4.55. The SMILES string of the molecule is CC.CC.CCC(c1ccc(OCc2cccc(C)c2)cc1)C(C(=O)OC)C(=O)OC.CS(C)(C)C. The first-order valence-corrected chi connectivity index (χ1v) is 15.8. The van der Waals surface area contributed by atoms with Crippen molar-refractivity contribution in [3.63, 3.8) is 0 Å². The van der Waals surface area contributed by atoms with Crippen LogP contribution in [0.1, 0.15) is 63.6 Å². The molecule has 206 valence electrons. The molecule has 2 aromatic carbocycles. The Morgan fingerprint density at radius 3 is 1.69 bits per heavy atom. The van der Waals surface area contributed by atoms with Crippen molar-refractivity contribution < 1.29 is 23.8 Å². The maximum absolute atomic E-state index is 12.1. The molecule has 36 heavy (non-hydrogen) atoms. The van der Waals surface area contributed by atoms with E-state index in [4.69, 9.17) is 14.2 Å². The van der Waals surface area contributed by atoms with E-state index >= 15 is 0 Å². The van der Waals surface area contributed by atoms with Crippen LogP contribution in [0.15, 0.2) is 48.5 Å². The summed E-state index contributed by atoms with van der Waals surface area (Å²) in [4.78, 5) is 24.2. The molecule has 0 aromatic heterocycles. The predicted octanol–water partition coefficient (Wildman–Crippen LogP) is 7.39. The number of methoxy groups -OCH3 is 2. The van der Waals surface area contributed by atoms with E-state index in [1.54, 1.807) is 0 Å². The van der Waals surface area contributed by atoms with Crippen LogP contribution in [0.4, 0.5) is 0 Å². The van der Waals surface area contributed by atoms with Crippen LogP contribution >= 0.6 is 10.0 Å². The second-order valence-electron chi connectivity index (χ2n) is 8.83. The zero-order valence-electron chi connectivity index (χ0n) is 24.6. The van der Waals surface area contributed by atoms with Gasteiger partial charge < -0.3 is 14.2 Å². The molecule has 6 heteroatoms. The normalized spacial score (nSPS) is 11.2. The van der Waals surface area contributed by atoms with Gasteiger partial charge in [-0.15, -0.1) is 0 Å². The molecule has 0 saturated carbocycles. The molecule has 0 aliphatic carbocycles. The molecular formula is C30H50O5S. The monoisotopic (exact) mass is 522 g/mol. The van der Waals surface area contributed by atoms with Gasteiger partial charge in [0.15, 0.2) is 5.92 Å². The Balaban J connectivity index is 0. The summed E-state index contributed by atoms with van der Waals surface area (Å²) in [5.41, 5.74) is 3.15. The van der Waals surface area contributed by atoms with Crippen LogP contribution in [0.5, 0.6) is 5.75 Å². The summed E-state index contributed by atoms with van der Waals surface area (Å²) in [5.74, 6) is -1.76. The standard InChI is InChI=1S/C22H26O5.C4H12S.2C2H6/c1-5-19(20(21(23)25-3)22(24)26-4)17-9-11-18(12-10-17)27-14-16-8-6-7-15(2)13-16;1-5(2,3)4;2*1-2/h6-13,19-20H,5,14H2,1-4H3;1-4H3;2*1-2H3. The molecule has 0 spiro atoms. The lowest BCUT2D eigenvalue weighted by Gasteiger charge is -2.22. The van der Waals surface area contributed by atoms with E-state index in [0.717, 1.165) is 16.9 Å². The van der Waals surface area contributed by atoms with Gasteiger partial charge >= 0.3 is 11.9 Å². The Morgan fingerprint density at radius 1 is 0.833 bits per heavy atom. The maximum atomic E-state index is 12.1. The smallest absolute Gasteiger partial charge is 0.320 e. The predicted molar refractivity (Wildman–Crippen MR) is 156 cm³/mol. The Morgan fingerprint density at radius 2 is 1.31 bits per heavy atom. The topological polar surface area (TPSA) is 61.8 Å². The Kier molecular flexibility index (Phi) is 19.5. The van der Waals surface area contributed by atoms with Crippen molar-refractivity contribution in [3.8, 4) is 5.75 Å². The van der Waals surface area contributed by atoms with E-state index in [9.17, 15) is 9.59 Å². The highest BCUT2D eigenvalue weighted by Gasteiger charge is 2.36. The van der Waals surface area contributed by atoms with E-state index in [-0.39, 0.29) is 15.9 Å². The number of hydrogen-bond acceptors (Lipinski definition) is 5. The van der Waals surface area contributed by atoms with Gasteiger partial charge in [-0.2, -0.15) is 0 Å². The van der Waals surface area contributed by atoms with Gasteiger partial charge in [0.25, 0.3) is 0 Å². The van der Waals surface area contributed by atoms with Gasteiger partial charge in [-0.3, -0.25) is 19.6 Å². The summed E-state index contributed by atoms with van der Waals surface area (Å²) in [6, 6.07) is 15.6. The molecule has 0 aliphatic heterocycles. The average molecular weight is 523 g/mol. The summed E-state index contributed by atoms with van der Waals surface area (Å²) in [6.45, 7) is 12.4. The highest BCUT2D eigenvalue weighted by atomic mass is 32.3. The lowest BCUT2D eigenvalue weighted by Crippen LogP contribution is -2.32. The van der Waals surface area contributed by atoms with Gasteiger partial charge in [0.05, 0.1) is 14.2 Å². The molecule has 1 atom stereocenters. The van der Waals surface area contributed by atoms with Crippen LogP contribution in [0.2, 0.25) is 0 Å². The summed E-state index contributed by atoms with van der Waals surface area (Å²) in [6.07, 6.45) is 9.68. The first-order chi connectivity index (χ1) is 17.0. The minimum atomic E-state index is -0.982. The molecule has 1 unspecified atom stereocenters. The highest BCUT2D eigenvalue weighted by Crippen LogP contribution is 2.31. The molecule has 0 radical (unpaired) electrons. The number of carbonyl (C=O) groups is 2. The van der Waals surface area contributed by atoms with E-state index < -0.39 is 17.9 Å². The van der Waals surface area contributed by atoms with Crippen LogP contribution in [0.25, 0.3) is 0 Å². The van der Waals surface area contributed by atoms with Gasteiger partial charge in [0, 0.05) is 5.92 Å². The van der Waals surface area contributed by atoms with E-state index in [0.29, 0.717) is 13.0 Å². The molecule has 5 nitrogen and oxygen atoms in total. The largest absolute Gasteiger partial charge is 0.489 e. The van der Waals surface area contributed by atoms with E-state index in [2.05, 4.69) is 31.1 Å². The van der Waals surface area contributed by atoms with Crippen LogP contribution in [0.3, 0.4) is 0 Å². The van der Waals surface area contributed by atoms with Crippen molar-refractivity contribution in [1.82, 2.24) is 0 Å². The molecule has 0 bridgehead atoms. The highest BCUT2D eigenvalue weighted by molar-refractivity contribution is 8.31. The van der Waals surface area contributed by atoms with Gasteiger partial charge in [-0.05, 0) is 61.6 Å². The number of hydrogen-bond donors (Lipinski definition) is 0. The number of rotatable bonds is 8. The van der Waals surface area contributed by atoms with Crippen molar-refractivity contribution in [2.45, 2.75) is 60.5 Å². The molecule has 2 rings (SSSR count). The number of esters is 2. The molecule has 0 heterocycles. The lowest BCUT2D eigenvalue weighted by atomic mass is 9.84. The average Bonchev–Trinajstić information content (AvgIpc) is 2.87. The van der Waals surface area contributed by atoms with Gasteiger partial charge in [-0.25, -0.2) is 0 Å². The summed E-state index contributed by atoms with van der Waals surface area (Å²) >= 11 is 0. The van der Waals surface area contributed by atoms with Gasteiger partial charge in [-0.1, -0.05) is 76.6 Å². The van der Waals surface area contributed by atoms with Crippen LogP contribution < -0.4 is 4.74 Å². The van der Waals surface area contributed by atoms with Crippen molar-refractivity contribution in [2.24, 2.45) is 5.92 Å². The van der Waals surface area contributed by atoms with Gasteiger partial charge in [0.2, 0.25) is 0 Å². The zero-order valence-corrected chi connectivity index (χ0v) is 25.5. The fraction of sp³-hybridized carbons (Fsp3) is 0.533. The third kappa shape index (κ3) is 14.8. The Hall–Kier alpha value is -2.47. The number of ether oxygens (including phenoxy) is 3. The Bertz CT molecular complexity index is 834. The molecule has 2 aromatic rings. The van der Waals surface area contributed by atoms with Crippen LogP contribution in [-0.4, -0.2) is 51.2 Å².